The maximum atomic E-state index is 13.4. The van der Waals surface area contributed by atoms with Gasteiger partial charge >= 0.3 is 30.4 Å². The topological polar surface area (TPSA) is 21.7 Å². The van der Waals surface area contributed by atoms with E-state index in [1.807, 2.05) is 4.74 Å². The molecule has 0 aliphatic carbocycles. The van der Waals surface area contributed by atoms with E-state index in [0.29, 0.717) is 6.08 Å². The van der Waals surface area contributed by atoms with Crippen molar-refractivity contribution in [3.63, 3.8) is 0 Å². The van der Waals surface area contributed by atoms with Crippen molar-refractivity contribution in [1.82, 2.24) is 4.90 Å². The molecule has 1 aliphatic heterocycles. The van der Waals surface area contributed by atoms with E-state index in [1.54, 1.807) is 0 Å². The van der Waals surface area contributed by atoms with Crippen molar-refractivity contribution in [2.45, 2.75) is 36.7 Å². The lowest BCUT2D eigenvalue weighted by atomic mass is 10.2. The highest BCUT2D eigenvalue weighted by Gasteiger charge is 2.85. The summed E-state index contributed by atoms with van der Waals surface area (Å²) in [5.41, 5.74) is 0. The Bertz CT molecular complexity index is 440. The molecular weight excluding hydrogens is 363 g/mol. The van der Waals surface area contributed by atoms with Gasteiger partial charge in [-0.05, 0) is 0 Å². The summed E-state index contributed by atoms with van der Waals surface area (Å²) in [5, 5.41) is 0. The lowest BCUT2D eigenvalue weighted by molar-refractivity contribution is -0.578. The molecule has 1 heterocycles. The predicted octanol–water partition coefficient (Wildman–Crippen LogP) is 3.78. The average Bonchev–Trinajstić information content (AvgIpc) is 2.32. The summed E-state index contributed by atoms with van der Waals surface area (Å²) in [7, 11) is 0. The van der Waals surface area contributed by atoms with Gasteiger partial charge in [0.1, 0.15) is 0 Å². The molecule has 1 saturated heterocycles. The van der Waals surface area contributed by atoms with Crippen molar-refractivity contribution in [3.05, 3.63) is 12.7 Å². The predicted molar refractivity (Wildman–Crippen MR) is 48.7 cm³/mol. The van der Waals surface area contributed by atoms with E-state index in [0.717, 1.165) is 0 Å². The Morgan fingerprint density at radius 3 is 1.74 bits per heavy atom. The van der Waals surface area contributed by atoms with Crippen LogP contribution in [0.15, 0.2) is 12.7 Å². The molecule has 1 fully saturated rings. The first-order valence-corrected chi connectivity index (χ1v) is 5.32. The summed E-state index contributed by atoms with van der Waals surface area (Å²) in [6.07, 6.45) is -23.0. The summed E-state index contributed by atoms with van der Waals surface area (Å²) in [6, 6.07) is -13.1. The molecule has 1 rings (SSSR count). The molecule has 136 valence electrons. The summed E-state index contributed by atoms with van der Waals surface area (Å²) >= 11 is 0. The summed E-state index contributed by atoms with van der Waals surface area (Å²) in [6.45, 7) is 1.50. The third-order valence-corrected chi connectivity index (χ3v) is 2.46. The summed E-state index contributed by atoms with van der Waals surface area (Å²) < 4.78 is 149. The lowest BCUT2D eigenvalue weighted by Crippen LogP contribution is -2.77. The Morgan fingerprint density at radius 2 is 1.39 bits per heavy atom. The molecule has 0 saturated carbocycles. The fourth-order valence-corrected chi connectivity index (χ4v) is 1.41. The van der Waals surface area contributed by atoms with Gasteiger partial charge in [-0.3, -0.25) is 0 Å². The third kappa shape index (κ3) is 2.98. The molecular formula is C9H6F11NO2. The number of morpholine rings is 1. The van der Waals surface area contributed by atoms with Crippen LogP contribution in [0.2, 0.25) is 0 Å². The van der Waals surface area contributed by atoms with Crippen molar-refractivity contribution in [3.8, 4) is 0 Å². The molecule has 0 N–H and O–H groups in total. The van der Waals surface area contributed by atoms with Crippen LogP contribution in [0.5, 0.6) is 0 Å². The van der Waals surface area contributed by atoms with Gasteiger partial charge in [0.25, 0.3) is 6.30 Å². The van der Waals surface area contributed by atoms with Crippen LogP contribution >= 0.6 is 0 Å². The number of nitrogens with zero attached hydrogens (tertiary/aromatic N) is 1. The number of ether oxygens (including phenoxy) is 2. The van der Waals surface area contributed by atoms with Crippen LogP contribution in [0.4, 0.5) is 48.3 Å². The number of hydrogen-bond acceptors (Lipinski definition) is 3. The minimum absolute atomic E-state index is 0.499. The van der Waals surface area contributed by atoms with E-state index in [4.69, 9.17) is 0 Å². The molecule has 0 radical (unpaired) electrons. The van der Waals surface area contributed by atoms with Crippen LogP contribution < -0.4 is 0 Å². The van der Waals surface area contributed by atoms with E-state index >= 15 is 0 Å². The van der Waals surface area contributed by atoms with E-state index in [9.17, 15) is 48.3 Å². The van der Waals surface area contributed by atoms with Crippen LogP contribution in [0.25, 0.3) is 0 Å². The smallest absolute Gasteiger partial charge is 0.313 e. The largest absolute Gasteiger partial charge is 0.439 e. The van der Waals surface area contributed by atoms with Gasteiger partial charge in [-0.1, -0.05) is 6.08 Å². The van der Waals surface area contributed by atoms with Crippen LogP contribution in [0.1, 0.15) is 0 Å². The van der Waals surface area contributed by atoms with Gasteiger partial charge in [-0.25, -0.2) is 9.13 Å². The number of alkyl halides is 11. The Morgan fingerprint density at radius 1 is 1.00 bits per heavy atom. The van der Waals surface area contributed by atoms with Crippen molar-refractivity contribution in [1.29, 1.82) is 0 Å². The van der Waals surface area contributed by atoms with Gasteiger partial charge in [0.2, 0.25) is 0 Å². The van der Waals surface area contributed by atoms with E-state index < -0.39 is 48.2 Å². The summed E-state index contributed by atoms with van der Waals surface area (Å²) in [4.78, 5) is -2.98. The van der Waals surface area contributed by atoms with Crippen LogP contribution in [0, 0.1) is 0 Å². The number of hydrogen-bond donors (Lipinski definition) is 0. The zero-order valence-electron chi connectivity index (χ0n) is 10.5. The molecule has 0 aromatic heterocycles. The Labute approximate surface area is 120 Å². The molecule has 0 spiro atoms. The monoisotopic (exact) mass is 369 g/mol. The molecule has 0 aromatic carbocycles. The first-order valence-electron chi connectivity index (χ1n) is 5.32. The first kappa shape index (κ1) is 19.9. The second-order valence-corrected chi connectivity index (χ2v) is 4.09. The van der Waals surface area contributed by atoms with Crippen molar-refractivity contribution in [2.75, 3.05) is 6.61 Å². The molecule has 3 nitrogen and oxygen atoms in total. The van der Waals surface area contributed by atoms with Gasteiger partial charge in [0.05, 0.1) is 6.61 Å². The minimum Gasteiger partial charge on any atom is -0.313 e. The molecule has 23 heavy (non-hydrogen) atoms. The highest BCUT2D eigenvalue weighted by molar-refractivity contribution is 4.97. The van der Waals surface area contributed by atoms with Gasteiger partial charge < -0.3 is 4.74 Å². The number of halogens is 11. The molecule has 1 unspecified atom stereocenters. The second kappa shape index (κ2) is 5.44. The lowest BCUT2D eigenvalue weighted by Gasteiger charge is -2.48. The molecule has 0 bridgehead atoms. The first-order chi connectivity index (χ1) is 10.0. The van der Waals surface area contributed by atoms with Gasteiger partial charge in [0.15, 0.2) is 0 Å². The Hall–Kier alpha value is -1.15. The van der Waals surface area contributed by atoms with Gasteiger partial charge in [0, 0.05) is 0 Å². The fraction of sp³-hybridized carbons (Fsp3) is 0.778. The van der Waals surface area contributed by atoms with Gasteiger partial charge in [-0.2, -0.15) is 43.9 Å². The second-order valence-electron chi connectivity index (χ2n) is 4.09. The van der Waals surface area contributed by atoms with E-state index in [-0.39, 0.29) is 0 Å². The van der Waals surface area contributed by atoms with Crippen molar-refractivity contribution in [2.24, 2.45) is 0 Å². The minimum atomic E-state index is -6.56. The number of rotatable bonds is 5. The zero-order chi connectivity index (χ0) is 18.5. The summed E-state index contributed by atoms with van der Waals surface area (Å²) in [5.74, 6) is 0. The normalized spacial score (nSPS) is 27.4. The zero-order valence-corrected chi connectivity index (χ0v) is 10.5. The van der Waals surface area contributed by atoms with Gasteiger partial charge in [-0.15, -0.1) is 11.5 Å². The molecule has 14 heteroatoms. The van der Waals surface area contributed by atoms with E-state index in [1.165, 1.54) is 0 Å². The average molecular weight is 369 g/mol. The standard InChI is InChI=1S/C9H6F11NO2/c1-2-3-22-5(11,12)4(10)21-6(13,14)8(17,18)23-9(19,20)7(21,15)16/h2,4H,1,3H2. The Kier molecular flexibility index (Phi) is 4.71. The highest BCUT2D eigenvalue weighted by Crippen LogP contribution is 2.57. The maximum Gasteiger partial charge on any atom is 0.439 e. The third-order valence-electron chi connectivity index (χ3n) is 2.46. The highest BCUT2D eigenvalue weighted by atomic mass is 19.4. The fourth-order valence-electron chi connectivity index (χ4n) is 1.41. The van der Waals surface area contributed by atoms with Crippen molar-refractivity contribution < 1.29 is 57.8 Å². The quantitative estimate of drug-likeness (QED) is 0.418. The van der Waals surface area contributed by atoms with Crippen LogP contribution in [-0.2, 0) is 9.47 Å². The Balaban J connectivity index is 3.39. The van der Waals surface area contributed by atoms with Crippen LogP contribution in [0.3, 0.4) is 0 Å². The van der Waals surface area contributed by atoms with Crippen LogP contribution in [-0.4, -0.2) is 48.2 Å². The van der Waals surface area contributed by atoms with Crippen molar-refractivity contribution >= 4 is 0 Å². The van der Waals surface area contributed by atoms with E-state index in [2.05, 4.69) is 11.3 Å². The molecule has 1 atom stereocenters. The molecule has 1 aliphatic rings. The molecule has 0 aromatic rings. The molecule has 0 amide bonds. The SMILES string of the molecule is C=CCOC(F)(F)C(F)N1C(F)(F)C(F)(F)OC(F)(F)C1(F)F. The maximum absolute atomic E-state index is 13.4.